The fraction of sp³-hybridized carbons (Fsp3) is 0.400. The maximum Gasteiger partial charge on any atom is 0.433 e. The number of hydrogen-bond donors (Lipinski definition) is 0. The highest BCUT2D eigenvalue weighted by Gasteiger charge is 2.34. The average Bonchev–Trinajstić information content (AvgIpc) is 2.88. The topological polar surface area (TPSA) is 69.5 Å². The second kappa shape index (κ2) is 11.3. The van der Waals surface area contributed by atoms with Crippen LogP contribution in [0.25, 0.3) is 11.3 Å². The molecule has 11 heteroatoms. The molecule has 0 bridgehead atoms. The highest BCUT2D eigenvalue weighted by molar-refractivity contribution is 7.99. The van der Waals surface area contributed by atoms with E-state index in [0.717, 1.165) is 37.6 Å². The molecular weight excluding hydrogens is 493 g/mol. The highest BCUT2D eigenvalue weighted by atomic mass is 32.2. The summed E-state index contributed by atoms with van der Waals surface area (Å²) in [7, 11) is 3.05. The number of methoxy groups -OCH3 is 2. The van der Waals surface area contributed by atoms with E-state index in [1.165, 1.54) is 55.3 Å². The Kier molecular flexibility index (Phi) is 8.20. The van der Waals surface area contributed by atoms with Gasteiger partial charge in [-0.3, -0.25) is 9.69 Å². The molecule has 0 N–H and O–H groups in total. The number of aromatic nitrogens is 3. The van der Waals surface area contributed by atoms with E-state index in [9.17, 15) is 18.0 Å². The molecule has 0 radical (unpaired) electrons. The van der Waals surface area contributed by atoms with Crippen molar-refractivity contribution in [3.63, 3.8) is 0 Å². The Morgan fingerprint density at radius 3 is 2.42 bits per heavy atom. The van der Waals surface area contributed by atoms with Crippen LogP contribution in [-0.2, 0) is 12.7 Å². The first-order valence-electron chi connectivity index (χ1n) is 11.5. The maximum atomic E-state index is 13.6. The average molecular weight is 521 g/mol. The predicted octanol–water partition coefficient (Wildman–Crippen LogP) is 4.93. The van der Waals surface area contributed by atoms with Crippen molar-refractivity contribution >= 4 is 11.8 Å². The number of thioether (sulfide) groups is 1. The van der Waals surface area contributed by atoms with E-state index >= 15 is 0 Å². The number of ether oxygens (including phenoxy) is 2. The number of pyridine rings is 1. The van der Waals surface area contributed by atoms with Crippen LogP contribution in [0.3, 0.4) is 0 Å². The third kappa shape index (κ3) is 6.38. The van der Waals surface area contributed by atoms with Crippen LogP contribution in [-0.4, -0.2) is 52.6 Å². The minimum Gasteiger partial charge on any atom is -0.493 e. The van der Waals surface area contributed by atoms with Gasteiger partial charge in [-0.05, 0) is 55.8 Å². The molecule has 192 valence electrons. The predicted molar refractivity (Wildman–Crippen MR) is 132 cm³/mol. The van der Waals surface area contributed by atoms with E-state index in [2.05, 4.69) is 14.9 Å². The summed E-state index contributed by atoms with van der Waals surface area (Å²) in [6, 6.07) is 9.00. The molecule has 3 aromatic rings. The molecule has 1 saturated heterocycles. The summed E-state index contributed by atoms with van der Waals surface area (Å²) in [6.07, 6.45) is 0.227. The van der Waals surface area contributed by atoms with Crippen LogP contribution in [0.4, 0.5) is 13.2 Å². The van der Waals surface area contributed by atoms with Crippen LogP contribution in [0.5, 0.6) is 11.5 Å². The van der Waals surface area contributed by atoms with E-state index in [-0.39, 0.29) is 23.0 Å². The van der Waals surface area contributed by atoms with Crippen LogP contribution < -0.4 is 15.0 Å². The molecule has 1 fully saturated rings. The second-order valence-corrected chi connectivity index (χ2v) is 9.36. The molecule has 0 atom stereocenters. The Morgan fingerprint density at radius 2 is 1.72 bits per heavy atom. The van der Waals surface area contributed by atoms with E-state index in [0.29, 0.717) is 22.9 Å². The summed E-state index contributed by atoms with van der Waals surface area (Å²) < 4.78 is 52.9. The number of likely N-dealkylation sites (tertiary alicyclic amines) is 1. The Bertz CT molecular complexity index is 1260. The minimum absolute atomic E-state index is 0.0584. The van der Waals surface area contributed by atoms with Crippen LogP contribution in [0.15, 0.2) is 52.5 Å². The quantitative estimate of drug-likeness (QED) is 0.308. The molecule has 7 nitrogen and oxygen atoms in total. The van der Waals surface area contributed by atoms with Gasteiger partial charge in [-0.25, -0.2) is 9.97 Å². The van der Waals surface area contributed by atoms with Gasteiger partial charge in [-0.15, -0.1) is 0 Å². The van der Waals surface area contributed by atoms with Crippen molar-refractivity contribution in [2.75, 3.05) is 33.2 Å². The largest absolute Gasteiger partial charge is 0.493 e. The standard InChI is InChI=1S/C25H27F3N4O3S/c1-34-20-8-6-17(12-21(20)35-2)14-32-15-18(7-9-23(32)33)19-13-22(25(26,27)28)30-24(29-19)36-16-31-10-4-3-5-11-31/h6-9,12-13,15H,3-5,10-11,14,16H2,1-2H3. The van der Waals surface area contributed by atoms with Gasteiger partial charge in [0.1, 0.15) is 5.69 Å². The van der Waals surface area contributed by atoms with E-state index < -0.39 is 11.9 Å². The lowest BCUT2D eigenvalue weighted by Crippen LogP contribution is -2.29. The molecule has 0 saturated carbocycles. The molecule has 3 heterocycles. The van der Waals surface area contributed by atoms with Crippen molar-refractivity contribution in [2.24, 2.45) is 0 Å². The van der Waals surface area contributed by atoms with Crippen molar-refractivity contribution in [3.05, 3.63) is 64.2 Å². The summed E-state index contributed by atoms with van der Waals surface area (Å²) in [5.74, 6) is 1.59. The molecule has 4 rings (SSSR count). The number of nitrogens with zero attached hydrogens (tertiary/aromatic N) is 4. The zero-order valence-electron chi connectivity index (χ0n) is 20.0. The van der Waals surface area contributed by atoms with E-state index in [4.69, 9.17) is 9.47 Å². The molecular formula is C25H27F3N4O3S. The van der Waals surface area contributed by atoms with Crippen LogP contribution in [0.1, 0.15) is 30.5 Å². The summed E-state index contributed by atoms with van der Waals surface area (Å²) in [4.78, 5) is 22.9. The molecule has 36 heavy (non-hydrogen) atoms. The van der Waals surface area contributed by atoms with Crippen molar-refractivity contribution in [1.82, 2.24) is 19.4 Å². The summed E-state index contributed by atoms with van der Waals surface area (Å²) >= 11 is 1.19. The zero-order chi connectivity index (χ0) is 25.7. The van der Waals surface area contributed by atoms with Gasteiger partial charge >= 0.3 is 6.18 Å². The molecule has 0 spiro atoms. The number of alkyl halides is 3. The molecule has 0 unspecified atom stereocenters. The van der Waals surface area contributed by atoms with Gasteiger partial charge in [-0.2, -0.15) is 13.2 Å². The minimum atomic E-state index is -4.62. The number of benzene rings is 1. The first kappa shape index (κ1) is 26.0. The van der Waals surface area contributed by atoms with Gasteiger partial charge in [0, 0.05) is 17.8 Å². The van der Waals surface area contributed by atoms with Crippen molar-refractivity contribution < 1.29 is 22.6 Å². The summed E-state index contributed by atoms with van der Waals surface area (Å²) in [5, 5.41) is 0.0584. The Hall–Kier alpha value is -3.05. The summed E-state index contributed by atoms with van der Waals surface area (Å²) in [6.45, 7) is 2.03. The fourth-order valence-electron chi connectivity index (χ4n) is 4.00. The monoisotopic (exact) mass is 520 g/mol. The normalized spacial score (nSPS) is 14.6. The smallest absolute Gasteiger partial charge is 0.433 e. The maximum absolute atomic E-state index is 13.6. The number of hydrogen-bond acceptors (Lipinski definition) is 7. The fourth-order valence-corrected chi connectivity index (χ4v) is 4.88. The molecule has 0 aliphatic carbocycles. The van der Waals surface area contributed by atoms with Gasteiger partial charge < -0.3 is 14.0 Å². The first-order chi connectivity index (χ1) is 17.3. The first-order valence-corrected chi connectivity index (χ1v) is 12.5. The Labute approximate surface area is 211 Å². The highest BCUT2D eigenvalue weighted by Crippen LogP contribution is 2.32. The number of halogens is 3. The van der Waals surface area contributed by atoms with Gasteiger partial charge in [0.25, 0.3) is 5.56 Å². The van der Waals surface area contributed by atoms with Crippen LogP contribution in [0, 0.1) is 0 Å². The number of rotatable bonds is 8. The lowest BCUT2D eigenvalue weighted by Gasteiger charge is -2.25. The second-order valence-electron chi connectivity index (χ2n) is 8.44. The zero-order valence-corrected chi connectivity index (χ0v) is 20.9. The van der Waals surface area contributed by atoms with Crippen LogP contribution in [0.2, 0.25) is 0 Å². The van der Waals surface area contributed by atoms with Gasteiger partial charge in [-0.1, -0.05) is 24.2 Å². The van der Waals surface area contributed by atoms with E-state index in [1.54, 1.807) is 18.2 Å². The Balaban J connectivity index is 1.64. The lowest BCUT2D eigenvalue weighted by molar-refractivity contribution is -0.141. The van der Waals surface area contributed by atoms with Crippen molar-refractivity contribution in [2.45, 2.75) is 37.1 Å². The SMILES string of the molecule is COc1ccc(Cn2cc(-c3cc(C(F)(F)F)nc(SCN4CCCCC4)n3)ccc2=O)cc1OC. The number of piperidine rings is 1. The molecule has 2 aromatic heterocycles. The molecule has 0 amide bonds. The Morgan fingerprint density at radius 1 is 0.972 bits per heavy atom. The van der Waals surface area contributed by atoms with E-state index in [1.807, 2.05) is 0 Å². The lowest BCUT2D eigenvalue weighted by atomic mass is 10.1. The van der Waals surface area contributed by atoms with Crippen LogP contribution >= 0.6 is 11.8 Å². The molecule has 1 aliphatic rings. The van der Waals surface area contributed by atoms with Gasteiger partial charge in [0.2, 0.25) is 0 Å². The van der Waals surface area contributed by atoms with Crippen molar-refractivity contribution in [1.29, 1.82) is 0 Å². The summed E-state index contributed by atoms with van der Waals surface area (Å²) in [5.41, 5.74) is -0.0321. The molecule has 1 aliphatic heterocycles. The van der Waals surface area contributed by atoms with Gasteiger partial charge in [0.15, 0.2) is 16.7 Å². The molecule has 1 aromatic carbocycles. The van der Waals surface area contributed by atoms with Gasteiger partial charge in [0.05, 0.1) is 32.3 Å². The van der Waals surface area contributed by atoms with Crippen molar-refractivity contribution in [3.8, 4) is 22.8 Å². The third-order valence-electron chi connectivity index (χ3n) is 5.90. The third-order valence-corrected chi connectivity index (χ3v) is 6.84.